The number of rotatable bonds is 4. The van der Waals surface area contributed by atoms with Crippen molar-refractivity contribution in [2.24, 2.45) is 0 Å². The molecule has 0 amide bonds. The molecule has 3 aliphatic rings. The van der Waals surface area contributed by atoms with Crippen LogP contribution in [0.3, 0.4) is 0 Å². The molecule has 7 heteroatoms. The monoisotopic (exact) mass is 416 g/mol. The molecule has 2 atom stereocenters. The molecule has 1 aromatic rings. The van der Waals surface area contributed by atoms with Gasteiger partial charge in [0.05, 0.1) is 16.3 Å². The summed E-state index contributed by atoms with van der Waals surface area (Å²) in [6, 6.07) is 9.75. The number of fused-ring (bicyclic) bond motifs is 1. The van der Waals surface area contributed by atoms with Gasteiger partial charge in [0.2, 0.25) is 0 Å². The summed E-state index contributed by atoms with van der Waals surface area (Å²) in [6.45, 7) is 0. The van der Waals surface area contributed by atoms with Crippen LogP contribution in [0.5, 0.6) is 0 Å². The smallest absolute Gasteiger partial charge is 0.372 e. The van der Waals surface area contributed by atoms with Crippen LogP contribution in [0.15, 0.2) is 89.3 Å². The molecule has 0 saturated carbocycles. The first-order valence-electron chi connectivity index (χ1n) is 9.30. The second-order valence-corrected chi connectivity index (χ2v) is 8.07. The number of nitrogens with zero attached hydrogens (tertiary/aromatic N) is 1. The molecular formula is C22H19F3N2OS. The Labute approximate surface area is 171 Å². The number of allylic oxidation sites excluding steroid dienone is 5. The number of anilines is 1. The zero-order valence-corrected chi connectivity index (χ0v) is 16.2. The van der Waals surface area contributed by atoms with Gasteiger partial charge in [-0.1, -0.05) is 48.2 Å². The Morgan fingerprint density at radius 2 is 1.93 bits per heavy atom. The number of thioether (sulfide) groups is 1. The fraction of sp³-hybridized carbons (Fsp3) is 0.227. The van der Waals surface area contributed by atoms with Gasteiger partial charge in [-0.3, -0.25) is 4.79 Å². The minimum Gasteiger partial charge on any atom is -0.372 e. The summed E-state index contributed by atoms with van der Waals surface area (Å²) in [6.07, 6.45) is 10.1. The molecule has 29 heavy (non-hydrogen) atoms. The first-order valence-corrected chi connectivity index (χ1v) is 10.2. The Morgan fingerprint density at radius 3 is 2.62 bits per heavy atom. The van der Waals surface area contributed by atoms with E-state index in [4.69, 9.17) is 0 Å². The van der Waals surface area contributed by atoms with Crippen LogP contribution in [0, 0.1) is 0 Å². The number of para-hydroxylation sites is 1. The van der Waals surface area contributed by atoms with Crippen LogP contribution in [-0.2, 0) is 4.79 Å². The number of carbonyl (C=O) groups excluding carboxylic acids is 1. The van der Waals surface area contributed by atoms with Crippen LogP contribution in [-0.4, -0.2) is 23.3 Å². The van der Waals surface area contributed by atoms with Gasteiger partial charge in [-0.2, -0.15) is 13.2 Å². The van der Waals surface area contributed by atoms with Crippen molar-refractivity contribution in [1.29, 1.82) is 0 Å². The fourth-order valence-corrected chi connectivity index (χ4v) is 4.57. The third kappa shape index (κ3) is 4.34. The number of hydrogen-bond donors (Lipinski definition) is 1. The number of benzene rings is 1. The van der Waals surface area contributed by atoms with Gasteiger partial charge in [0.25, 0.3) is 5.78 Å². The first kappa shape index (κ1) is 19.6. The lowest BCUT2D eigenvalue weighted by molar-refractivity contribution is -0.165. The molecule has 1 saturated heterocycles. The molecule has 1 aliphatic heterocycles. The minimum absolute atomic E-state index is 0.0560. The number of alkyl halides is 3. The summed E-state index contributed by atoms with van der Waals surface area (Å²) in [5.41, 5.74) is 3.01. The van der Waals surface area contributed by atoms with Crippen molar-refractivity contribution in [3.8, 4) is 0 Å². The highest BCUT2D eigenvalue weighted by atomic mass is 32.2. The van der Waals surface area contributed by atoms with E-state index in [1.165, 1.54) is 11.8 Å². The topological polar surface area (TPSA) is 32.3 Å². The van der Waals surface area contributed by atoms with Crippen molar-refractivity contribution in [1.82, 2.24) is 5.32 Å². The molecule has 150 valence electrons. The quantitative estimate of drug-likeness (QED) is 0.682. The summed E-state index contributed by atoms with van der Waals surface area (Å²) in [5, 5.41) is 3.23. The van der Waals surface area contributed by atoms with Crippen LogP contribution in [0.2, 0.25) is 0 Å². The van der Waals surface area contributed by atoms with Gasteiger partial charge in [0.15, 0.2) is 0 Å². The predicted octanol–water partition coefficient (Wildman–Crippen LogP) is 5.23. The lowest BCUT2D eigenvalue weighted by atomic mass is 10.0. The van der Waals surface area contributed by atoms with Gasteiger partial charge in [-0.15, -0.1) is 0 Å². The summed E-state index contributed by atoms with van der Waals surface area (Å²) in [4.78, 5) is 13.4. The van der Waals surface area contributed by atoms with E-state index in [1.807, 2.05) is 48.6 Å². The summed E-state index contributed by atoms with van der Waals surface area (Å²) in [5.74, 6) is -1.84. The standard InChI is InChI=1S/C22H19F3N2OS/c23-22(24,25)20(28)14-21-26-18-13-17(11-12-19(18)29-21)27(15-7-3-1-4-8-15)16-9-5-2-6-10-16/h1,3-5,7-14,18-19,26H,2,6H2. The van der Waals surface area contributed by atoms with Gasteiger partial charge in [-0.05, 0) is 43.2 Å². The van der Waals surface area contributed by atoms with E-state index in [0.29, 0.717) is 6.08 Å². The van der Waals surface area contributed by atoms with Crippen molar-refractivity contribution < 1.29 is 18.0 Å². The van der Waals surface area contributed by atoms with E-state index in [9.17, 15) is 18.0 Å². The average molecular weight is 416 g/mol. The van der Waals surface area contributed by atoms with Gasteiger partial charge in [0.1, 0.15) is 0 Å². The van der Waals surface area contributed by atoms with E-state index in [1.54, 1.807) is 0 Å². The normalized spacial score (nSPS) is 24.6. The van der Waals surface area contributed by atoms with Crippen molar-refractivity contribution >= 4 is 23.2 Å². The first-order chi connectivity index (χ1) is 13.9. The number of hydrogen-bond acceptors (Lipinski definition) is 4. The Morgan fingerprint density at radius 1 is 1.14 bits per heavy atom. The Balaban J connectivity index is 1.62. The zero-order valence-electron chi connectivity index (χ0n) is 15.4. The van der Waals surface area contributed by atoms with Crippen molar-refractivity contribution in [3.05, 3.63) is 89.3 Å². The Kier molecular flexibility index (Phi) is 5.41. The number of ketones is 1. The molecule has 1 heterocycles. The lowest BCUT2D eigenvalue weighted by Crippen LogP contribution is -2.32. The molecule has 1 aromatic carbocycles. The van der Waals surface area contributed by atoms with Crippen LogP contribution < -0.4 is 10.2 Å². The highest BCUT2D eigenvalue weighted by Gasteiger charge is 2.39. The molecule has 0 radical (unpaired) electrons. The van der Waals surface area contributed by atoms with Crippen LogP contribution in [0.25, 0.3) is 0 Å². The van der Waals surface area contributed by atoms with Gasteiger partial charge in [-0.25, -0.2) is 0 Å². The molecule has 0 aromatic heterocycles. The van der Waals surface area contributed by atoms with E-state index >= 15 is 0 Å². The van der Waals surface area contributed by atoms with E-state index in [-0.39, 0.29) is 16.3 Å². The molecule has 0 bridgehead atoms. The zero-order chi connectivity index (χ0) is 20.4. The minimum atomic E-state index is -4.86. The van der Waals surface area contributed by atoms with E-state index < -0.39 is 12.0 Å². The molecule has 1 fully saturated rings. The number of nitrogens with one attached hydrogen (secondary N) is 1. The SMILES string of the molecule is O=C(C=C1NC2C=C(N(C3=CCCC=C3)c3ccccc3)C=CC2S1)C(F)(F)F. The maximum Gasteiger partial charge on any atom is 0.454 e. The van der Waals surface area contributed by atoms with E-state index in [2.05, 4.69) is 28.4 Å². The third-order valence-corrected chi connectivity index (χ3v) is 5.99. The lowest BCUT2D eigenvalue weighted by Gasteiger charge is -2.31. The van der Waals surface area contributed by atoms with Crippen LogP contribution >= 0.6 is 11.8 Å². The Bertz CT molecular complexity index is 945. The average Bonchev–Trinajstić information content (AvgIpc) is 3.11. The van der Waals surface area contributed by atoms with Gasteiger partial charge >= 0.3 is 6.18 Å². The number of carbonyl (C=O) groups is 1. The number of halogens is 3. The van der Waals surface area contributed by atoms with Crippen LogP contribution in [0.1, 0.15) is 12.8 Å². The second kappa shape index (κ2) is 7.99. The molecule has 0 spiro atoms. The highest BCUT2D eigenvalue weighted by Crippen LogP contribution is 2.38. The summed E-state index contributed by atoms with van der Waals surface area (Å²) < 4.78 is 37.7. The second-order valence-electron chi connectivity index (χ2n) is 6.85. The molecule has 1 N–H and O–H groups in total. The van der Waals surface area contributed by atoms with Crippen molar-refractivity contribution in [3.63, 3.8) is 0 Å². The molecule has 2 unspecified atom stereocenters. The molecule has 2 aliphatic carbocycles. The van der Waals surface area contributed by atoms with E-state index in [0.717, 1.165) is 29.9 Å². The Hall–Kier alpha value is -2.67. The molecular weight excluding hydrogens is 397 g/mol. The summed E-state index contributed by atoms with van der Waals surface area (Å²) >= 11 is 1.23. The van der Waals surface area contributed by atoms with Gasteiger partial charge in [0, 0.05) is 23.2 Å². The highest BCUT2D eigenvalue weighted by molar-refractivity contribution is 8.04. The molecule has 3 nitrogen and oxygen atoms in total. The van der Waals surface area contributed by atoms with Crippen LogP contribution in [0.4, 0.5) is 18.9 Å². The summed E-state index contributed by atoms with van der Waals surface area (Å²) in [7, 11) is 0. The third-order valence-electron chi connectivity index (χ3n) is 4.78. The van der Waals surface area contributed by atoms with Gasteiger partial charge < -0.3 is 10.2 Å². The van der Waals surface area contributed by atoms with Crippen molar-refractivity contribution in [2.45, 2.75) is 30.3 Å². The predicted molar refractivity (Wildman–Crippen MR) is 110 cm³/mol. The van der Waals surface area contributed by atoms with Crippen molar-refractivity contribution in [2.75, 3.05) is 4.90 Å². The maximum absolute atomic E-state index is 12.6. The largest absolute Gasteiger partial charge is 0.454 e. The maximum atomic E-state index is 12.6. The molecule has 4 rings (SSSR count). The fourth-order valence-electron chi connectivity index (χ4n) is 3.44.